The van der Waals surface area contributed by atoms with Crippen molar-refractivity contribution in [3.63, 3.8) is 0 Å². The quantitative estimate of drug-likeness (QED) is 0.453. The summed E-state index contributed by atoms with van der Waals surface area (Å²) in [4.78, 5) is 6.41. The number of guanidine groups is 1. The number of nitrogens with one attached hydrogen (secondary N) is 1. The average molecular weight is 443 g/mol. The third-order valence-corrected chi connectivity index (χ3v) is 6.69. The topological polar surface area (TPSA) is 92.7 Å². The van der Waals surface area contributed by atoms with Crippen LogP contribution in [0.15, 0.2) is 23.2 Å². The van der Waals surface area contributed by atoms with E-state index in [9.17, 15) is 8.42 Å². The molecule has 0 unspecified atom stereocenters. The first kappa shape index (κ1) is 24.2. The van der Waals surface area contributed by atoms with Gasteiger partial charge in [0.05, 0.1) is 32.7 Å². The normalized spacial score (nSPS) is 16.1. The molecule has 0 aromatic heterocycles. The van der Waals surface area contributed by atoms with E-state index in [1.54, 1.807) is 21.3 Å². The number of methoxy groups -OCH3 is 2. The van der Waals surface area contributed by atoms with Crippen molar-refractivity contribution in [1.29, 1.82) is 0 Å². The van der Waals surface area contributed by atoms with Gasteiger partial charge in [-0.1, -0.05) is 12.1 Å². The van der Waals surface area contributed by atoms with Crippen LogP contribution in [0.3, 0.4) is 0 Å². The Hall–Kier alpha value is -2.04. The van der Waals surface area contributed by atoms with E-state index < -0.39 is 10.0 Å². The number of aliphatic imine (C=N–C) groups is 1. The molecule has 0 amide bonds. The van der Waals surface area contributed by atoms with E-state index >= 15 is 0 Å². The van der Waals surface area contributed by atoms with E-state index in [2.05, 4.69) is 15.2 Å². The average Bonchev–Trinajstić information content (AvgIpc) is 2.73. The van der Waals surface area contributed by atoms with E-state index in [1.165, 1.54) is 4.31 Å². The summed E-state index contributed by atoms with van der Waals surface area (Å²) in [5.74, 6) is 2.09. The molecule has 1 aromatic carbocycles. The lowest BCUT2D eigenvalue weighted by Gasteiger charge is -2.36. The number of rotatable bonds is 9. The predicted octanol–water partition coefficient (Wildman–Crippen LogP) is 1.15. The number of para-hydroxylation sites is 1. The Morgan fingerprint density at radius 2 is 1.87 bits per heavy atom. The molecule has 10 heteroatoms. The van der Waals surface area contributed by atoms with E-state index in [1.807, 2.05) is 32.0 Å². The molecule has 1 N–H and O–H groups in total. The molecule has 2 rings (SSSR count). The van der Waals surface area contributed by atoms with Crippen molar-refractivity contribution >= 4 is 16.0 Å². The molecule has 0 radical (unpaired) electrons. The van der Waals surface area contributed by atoms with Crippen molar-refractivity contribution in [2.24, 2.45) is 4.99 Å². The van der Waals surface area contributed by atoms with E-state index in [0.717, 1.165) is 11.5 Å². The Labute approximate surface area is 180 Å². The first-order chi connectivity index (χ1) is 14.3. The summed E-state index contributed by atoms with van der Waals surface area (Å²) in [6.07, 6.45) is 0.0228. The van der Waals surface area contributed by atoms with E-state index in [4.69, 9.17) is 14.2 Å². The Kier molecular flexibility index (Phi) is 9.19. The lowest BCUT2D eigenvalue weighted by atomic mass is 10.2. The van der Waals surface area contributed by atoms with Crippen LogP contribution >= 0.6 is 0 Å². The highest BCUT2D eigenvalue weighted by atomic mass is 32.2. The van der Waals surface area contributed by atoms with Gasteiger partial charge in [-0.25, -0.2) is 8.42 Å². The summed E-state index contributed by atoms with van der Waals surface area (Å²) in [6.45, 7) is 6.50. The predicted molar refractivity (Wildman–Crippen MR) is 118 cm³/mol. The number of benzene rings is 1. The van der Waals surface area contributed by atoms with E-state index in [0.29, 0.717) is 44.2 Å². The maximum atomic E-state index is 12.5. The van der Waals surface area contributed by atoms with Crippen LogP contribution in [0, 0.1) is 0 Å². The molecule has 0 atom stereocenters. The van der Waals surface area contributed by atoms with Crippen molar-refractivity contribution in [1.82, 2.24) is 14.5 Å². The minimum absolute atomic E-state index is 0.00773. The third-order valence-electron chi connectivity index (χ3n) is 4.86. The molecule has 0 saturated carbocycles. The van der Waals surface area contributed by atoms with Crippen LogP contribution in [0.5, 0.6) is 11.5 Å². The highest BCUT2D eigenvalue weighted by Gasteiger charge is 2.28. The fourth-order valence-electron chi connectivity index (χ4n) is 3.30. The van der Waals surface area contributed by atoms with Crippen LogP contribution in [-0.4, -0.2) is 89.5 Å². The zero-order chi connectivity index (χ0) is 22.1. The Bertz CT molecular complexity index is 805. The highest BCUT2D eigenvalue weighted by molar-refractivity contribution is 7.89. The molecule has 170 valence electrons. The standard InChI is InChI=1S/C20H34N4O5S/c1-16(2)29-13-14-30(25,26)24-11-9-23(10-12-24)20(21-3)22-15-17-7-6-8-18(27-4)19(17)28-5/h6-8,16H,9-15H2,1-5H3,(H,21,22). The summed E-state index contributed by atoms with van der Waals surface area (Å²) < 4.78 is 42.8. The van der Waals surface area contributed by atoms with Crippen molar-refractivity contribution < 1.29 is 22.6 Å². The molecular weight excluding hydrogens is 408 g/mol. The van der Waals surface area contributed by atoms with Gasteiger partial charge in [-0.2, -0.15) is 4.31 Å². The first-order valence-electron chi connectivity index (χ1n) is 10.1. The van der Waals surface area contributed by atoms with Gasteiger partial charge in [0.15, 0.2) is 17.5 Å². The number of nitrogens with zero attached hydrogens (tertiary/aromatic N) is 3. The number of piperazine rings is 1. The zero-order valence-corrected chi connectivity index (χ0v) is 19.4. The molecule has 1 aromatic rings. The van der Waals surface area contributed by atoms with Crippen molar-refractivity contribution in [3.05, 3.63) is 23.8 Å². The van der Waals surface area contributed by atoms with Crippen LogP contribution in [-0.2, 0) is 21.3 Å². The second-order valence-electron chi connectivity index (χ2n) is 7.18. The zero-order valence-electron chi connectivity index (χ0n) is 18.6. The molecule has 0 aliphatic carbocycles. The molecule has 0 bridgehead atoms. The number of hydrogen-bond donors (Lipinski definition) is 1. The SMILES string of the molecule is CN=C(NCc1cccc(OC)c1OC)N1CCN(S(=O)(=O)CCOC(C)C)CC1. The van der Waals surface area contributed by atoms with Crippen molar-refractivity contribution in [3.8, 4) is 11.5 Å². The minimum Gasteiger partial charge on any atom is -0.493 e. The molecule has 30 heavy (non-hydrogen) atoms. The fourth-order valence-corrected chi connectivity index (χ4v) is 4.58. The molecule has 1 heterocycles. The lowest BCUT2D eigenvalue weighted by molar-refractivity contribution is 0.0904. The Morgan fingerprint density at radius 3 is 2.43 bits per heavy atom. The molecule has 9 nitrogen and oxygen atoms in total. The lowest BCUT2D eigenvalue weighted by Crippen LogP contribution is -2.54. The van der Waals surface area contributed by atoms with Crippen LogP contribution in [0.1, 0.15) is 19.4 Å². The van der Waals surface area contributed by atoms with Gasteiger partial charge in [0.25, 0.3) is 0 Å². The van der Waals surface area contributed by atoms with Gasteiger partial charge in [-0.3, -0.25) is 4.99 Å². The summed E-state index contributed by atoms with van der Waals surface area (Å²) in [6, 6.07) is 5.72. The molecule has 0 spiro atoms. The van der Waals surface area contributed by atoms with Gasteiger partial charge in [0, 0.05) is 45.3 Å². The van der Waals surface area contributed by atoms with Crippen LogP contribution < -0.4 is 14.8 Å². The number of ether oxygens (including phenoxy) is 3. The Morgan fingerprint density at radius 1 is 1.17 bits per heavy atom. The maximum absolute atomic E-state index is 12.5. The molecule has 1 saturated heterocycles. The van der Waals surface area contributed by atoms with Gasteiger partial charge in [0.2, 0.25) is 10.0 Å². The molecule has 1 fully saturated rings. The van der Waals surface area contributed by atoms with Crippen LogP contribution in [0.25, 0.3) is 0 Å². The molecular formula is C20H34N4O5S. The fraction of sp³-hybridized carbons (Fsp3) is 0.650. The van der Waals surface area contributed by atoms with Crippen LogP contribution in [0.2, 0.25) is 0 Å². The Balaban J connectivity index is 1.92. The number of sulfonamides is 1. The van der Waals surface area contributed by atoms with Gasteiger partial charge in [0.1, 0.15) is 0 Å². The number of hydrogen-bond acceptors (Lipinski definition) is 6. The third kappa shape index (κ3) is 6.48. The van der Waals surface area contributed by atoms with Gasteiger partial charge in [-0.15, -0.1) is 0 Å². The maximum Gasteiger partial charge on any atom is 0.216 e. The molecule has 1 aliphatic heterocycles. The van der Waals surface area contributed by atoms with Crippen LogP contribution in [0.4, 0.5) is 0 Å². The van der Waals surface area contributed by atoms with Crippen molar-refractivity contribution in [2.45, 2.75) is 26.5 Å². The second kappa shape index (κ2) is 11.4. The van der Waals surface area contributed by atoms with Gasteiger partial charge < -0.3 is 24.4 Å². The van der Waals surface area contributed by atoms with E-state index in [-0.39, 0.29) is 18.5 Å². The van der Waals surface area contributed by atoms with Crippen molar-refractivity contribution in [2.75, 3.05) is 59.8 Å². The largest absolute Gasteiger partial charge is 0.493 e. The van der Waals surface area contributed by atoms with Gasteiger partial charge >= 0.3 is 0 Å². The highest BCUT2D eigenvalue weighted by Crippen LogP contribution is 2.30. The minimum atomic E-state index is -3.32. The summed E-state index contributed by atoms with van der Waals surface area (Å²) in [5, 5.41) is 3.33. The first-order valence-corrected chi connectivity index (χ1v) is 11.7. The summed E-state index contributed by atoms with van der Waals surface area (Å²) >= 11 is 0. The smallest absolute Gasteiger partial charge is 0.216 e. The second-order valence-corrected chi connectivity index (χ2v) is 9.26. The molecule has 1 aliphatic rings. The summed E-state index contributed by atoms with van der Waals surface area (Å²) in [5.41, 5.74) is 0.948. The summed E-state index contributed by atoms with van der Waals surface area (Å²) in [7, 11) is 1.62. The monoisotopic (exact) mass is 442 g/mol. The van der Waals surface area contributed by atoms with Gasteiger partial charge in [-0.05, 0) is 19.9 Å².